The van der Waals surface area contributed by atoms with Gasteiger partial charge in [0, 0.05) is 3.57 Å². The Kier molecular flexibility index (Phi) is 3.69. The van der Waals surface area contributed by atoms with Crippen LogP contribution < -0.4 is 0 Å². The predicted molar refractivity (Wildman–Crippen MR) is 58.0 cm³/mol. The minimum atomic E-state index is -3.54. The molecule has 0 saturated heterocycles. The van der Waals surface area contributed by atoms with Crippen LogP contribution in [0.15, 0.2) is 29.2 Å². The monoisotopic (exact) mass is 312 g/mol. The fraction of sp³-hybridized carbons (Fsp3) is 0.250. The molecule has 13 heavy (non-hydrogen) atoms. The molecule has 1 aromatic carbocycles. The van der Waals surface area contributed by atoms with Crippen molar-refractivity contribution in [2.24, 2.45) is 0 Å². The van der Waals surface area contributed by atoms with Gasteiger partial charge in [-0.15, -0.1) is 0 Å². The summed E-state index contributed by atoms with van der Waals surface area (Å²) in [4.78, 5) is 0.209. The van der Waals surface area contributed by atoms with Gasteiger partial charge in [0.25, 0.3) is 10.1 Å². The van der Waals surface area contributed by atoms with Crippen LogP contribution >= 0.6 is 22.6 Å². The van der Waals surface area contributed by atoms with Crippen LogP contribution in [0.3, 0.4) is 0 Å². The summed E-state index contributed by atoms with van der Waals surface area (Å²) in [6.45, 7) is 1.80. The highest BCUT2D eigenvalue weighted by molar-refractivity contribution is 14.1. The first-order chi connectivity index (χ1) is 6.06. The van der Waals surface area contributed by atoms with E-state index in [9.17, 15) is 8.42 Å². The summed E-state index contributed by atoms with van der Waals surface area (Å²) in [7, 11) is -3.54. The highest BCUT2D eigenvalue weighted by Gasteiger charge is 2.13. The van der Waals surface area contributed by atoms with Gasteiger partial charge in [-0.05, 0) is 47.7 Å². The Hall–Kier alpha value is -0.140. The largest absolute Gasteiger partial charge is 0.296 e. The van der Waals surface area contributed by atoms with E-state index >= 15 is 0 Å². The maximum Gasteiger partial charge on any atom is 0.296 e. The molecule has 0 bridgehead atoms. The first-order valence-corrected chi connectivity index (χ1v) is 6.20. The van der Waals surface area contributed by atoms with Gasteiger partial charge in [0.15, 0.2) is 0 Å². The summed E-state index contributed by atoms with van der Waals surface area (Å²) in [5, 5.41) is 0. The molecule has 0 atom stereocenters. The summed E-state index contributed by atoms with van der Waals surface area (Å²) in [5.41, 5.74) is 0. The lowest BCUT2D eigenvalue weighted by Crippen LogP contribution is -2.05. The van der Waals surface area contributed by atoms with E-state index in [1.165, 1.54) is 6.07 Å². The van der Waals surface area contributed by atoms with Gasteiger partial charge in [0.05, 0.1) is 11.5 Å². The molecule has 0 fully saturated rings. The van der Waals surface area contributed by atoms with E-state index in [4.69, 9.17) is 0 Å². The maximum atomic E-state index is 11.4. The number of hydrogen-bond donors (Lipinski definition) is 0. The van der Waals surface area contributed by atoms with Gasteiger partial charge in [0.2, 0.25) is 0 Å². The van der Waals surface area contributed by atoms with Gasteiger partial charge in [-0.3, -0.25) is 4.18 Å². The summed E-state index contributed by atoms with van der Waals surface area (Å²) >= 11 is 2.05. The lowest BCUT2D eigenvalue weighted by atomic mass is 10.4. The second kappa shape index (κ2) is 4.39. The smallest absolute Gasteiger partial charge is 0.267 e. The summed E-state index contributed by atoms with van der Waals surface area (Å²) in [6.07, 6.45) is 0. The molecule has 3 nitrogen and oxygen atoms in total. The third kappa shape index (κ3) is 2.92. The second-order valence-corrected chi connectivity index (χ2v) is 5.18. The highest BCUT2D eigenvalue weighted by atomic mass is 127. The fourth-order valence-electron chi connectivity index (χ4n) is 0.846. The van der Waals surface area contributed by atoms with Crippen LogP contribution in [0.25, 0.3) is 0 Å². The van der Waals surface area contributed by atoms with Crippen molar-refractivity contribution in [3.63, 3.8) is 0 Å². The third-order valence-corrected chi connectivity index (χ3v) is 3.41. The van der Waals surface area contributed by atoms with Crippen molar-refractivity contribution in [2.45, 2.75) is 11.8 Å². The Labute approximate surface area is 91.4 Å². The van der Waals surface area contributed by atoms with Crippen molar-refractivity contribution in [3.05, 3.63) is 27.8 Å². The van der Waals surface area contributed by atoms with Crippen LogP contribution in [-0.2, 0) is 14.3 Å². The van der Waals surface area contributed by atoms with Crippen molar-refractivity contribution in [3.8, 4) is 0 Å². The standard InChI is InChI=1S/C8H9IO3S/c1-2-12-13(10,11)8-5-3-4-7(9)6-8/h3-6H,2H2,1H3. The van der Waals surface area contributed by atoms with Crippen molar-refractivity contribution < 1.29 is 12.6 Å². The molecule has 0 aliphatic rings. The van der Waals surface area contributed by atoms with Crippen LogP contribution in [-0.4, -0.2) is 15.0 Å². The first-order valence-electron chi connectivity index (χ1n) is 3.71. The molecule has 0 aliphatic heterocycles. The average Bonchev–Trinajstić information content (AvgIpc) is 2.04. The van der Waals surface area contributed by atoms with Crippen LogP contribution in [0, 0.1) is 3.57 Å². The maximum absolute atomic E-state index is 11.4. The quantitative estimate of drug-likeness (QED) is 0.633. The van der Waals surface area contributed by atoms with Gasteiger partial charge >= 0.3 is 0 Å². The van der Waals surface area contributed by atoms with Crippen LogP contribution in [0.1, 0.15) is 6.92 Å². The average molecular weight is 312 g/mol. The van der Waals surface area contributed by atoms with Gasteiger partial charge in [-0.2, -0.15) is 8.42 Å². The Morgan fingerprint density at radius 2 is 2.15 bits per heavy atom. The minimum Gasteiger partial charge on any atom is -0.267 e. The first kappa shape index (κ1) is 10.9. The van der Waals surface area contributed by atoms with Crippen LogP contribution in [0.2, 0.25) is 0 Å². The zero-order valence-electron chi connectivity index (χ0n) is 7.03. The normalized spacial score (nSPS) is 11.5. The zero-order valence-corrected chi connectivity index (χ0v) is 10.0. The number of halogens is 1. The van der Waals surface area contributed by atoms with Crippen molar-refractivity contribution >= 4 is 32.7 Å². The molecular weight excluding hydrogens is 303 g/mol. The Morgan fingerprint density at radius 3 is 2.69 bits per heavy atom. The number of benzene rings is 1. The van der Waals surface area contributed by atoms with Crippen LogP contribution in [0.5, 0.6) is 0 Å². The molecule has 72 valence electrons. The van der Waals surface area contributed by atoms with Crippen molar-refractivity contribution in [1.29, 1.82) is 0 Å². The van der Waals surface area contributed by atoms with E-state index < -0.39 is 10.1 Å². The van der Waals surface area contributed by atoms with Gasteiger partial charge in [-0.1, -0.05) is 6.07 Å². The molecule has 0 unspecified atom stereocenters. The predicted octanol–water partition coefficient (Wildman–Crippen LogP) is 2.02. The summed E-state index contributed by atoms with van der Waals surface area (Å²) in [5.74, 6) is 0. The fourth-order valence-corrected chi connectivity index (χ4v) is 2.56. The Balaban J connectivity index is 3.08. The molecule has 0 saturated carbocycles. The van der Waals surface area contributed by atoms with E-state index in [-0.39, 0.29) is 11.5 Å². The highest BCUT2D eigenvalue weighted by Crippen LogP contribution is 2.15. The Bertz CT molecular complexity index is 386. The van der Waals surface area contributed by atoms with Crippen molar-refractivity contribution in [2.75, 3.05) is 6.61 Å². The second-order valence-electron chi connectivity index (χ2n) is 2.32. The molecule has 1 rings (SSSR count). The topological polar surface area (TPSA) is 43.4 Å². The Morgan fingerprint density at radius 1 is 1.46 bits per heavy atom. The molecule has 0 amide bonds. The third-order valence-electron chi connectivity index (χ3n) is 1.36. The lowest BCUT2D eigenvalue weighted by Gasteiger charge is -2.02. The molecule has 0 aliphatic carbocycles. The molecule has 0 heterocycles. The lowest BCUT2D eigenvalue weighted by molar-refractivity contribution is 0.338. The molecule has 0 N–H and O–H groups in total. The van der Waals surface area contributed by atoms with Crippen LogP contribution in [0.4, 0.5) is 0 Å². The summed E-state index contributed by atoms with van der Waals surface area (Å²) in [6, 6.07) is 6.61. The van der Waals surface area contributed by atoms with E-state index in [0.717, 1.165) is 3.57 Å². The SMILES string of the molecule is CCOS(=O)(=O)c1cccc(I)c1. The molecule has 0 radical (unpaired) electrons. The number of rotatable bonds is 3. The zero-order chi connectivity index (χ0) is 9.90. The molecule has 5 heteroatoms. The summed E-state index contributed by atoms with van der Waals surface area (Å²) < 4.78 is 28.2. The molecule has 0 spiro atoms. The molecule has 0 aromatic heterocycles. The van der Waals surface area contributed by atoms with E-state index in [1.807, 2.05) is 6.07 Å². The van der Waals surface area contributed by atoms with E-state index in [1.54, 1.807) is 19.1 Å². The van der Waals surface area contributed by atoms with Gasteiger partial charge in [-0.25, -0.2) is 0 Å². The van der Waals surface area contributed by atoms with Crippen molar-refractivity contribution in [1.82, 2.24) is 0 Å². The van der Waals surface area contributed by atoms with Gasteiger partial charge < -0.3 is 0 Å². The van der Waals surface area contributed by atoms with E-state index in [0.29, 0.717) is 0 Å². The molecule has 1 aromatic rings. The minimum absolute atomic E-state index is 0.161. The van der Waals surface area contributed by atoms with E-state index in [2.05, 4.69) is 26.8 Å². The molecular formula is C8H9IO3S. The number of hydrogen-bond acceptors (Lipinski definition) is 3. The van der Waals surface area contributed by atoms with Gasteiger partial charge in [0.1, 0.15) is 0 Å².